The summed E-state index contributed by atoms with van der Waals surface area (Å²) in [7, 11) is 0. The number of hydrogen-bond acceptors (Lipinski definition) is 7. The highest BCUT2D eigenvalue weighted by Gasteiger charge is 2.20. The first-order valence-electron chi connectivity index (χ1n) is 10.1. The topological polar surface area (TPSA) is 113 Å². The van der Waals surface area contributed by atoms with Gasteiger partial charge in [-0.1, -0.05) is 17.7 Å². The van der Waals surface area contributed by atoms with E-state index in [4.69, 9.17) is 16.6 Å². The Morgan fingerprint density at radius 1 is 1.18 bits per heavy atom. The van der Waals surface area contributed by atoms with Gasteiger partial charge in [0.25, 0.3) is 5.56 Å². The Labute approximate surface area is 191 Å². The third-order valence-electron chi connectivity index (χ3n) is 5.26. The molecule has 166 valence electrons. The number of nitrogens with one attached hydrogen (secondary N) is 3. The second-order valence-corrected chi connectivity index (χ2v) is 7.91. The van der Waals surface area contributed by atoms with Gasteiger partial charge in [-0.25, -0.2) is 29.0 Å². The molecule has 0 aliphatic heterocycles. The third kappa shape index (κ3) is 3.74. The molecule has 3 N–H and O–H groups in total. The van der Waals surface area contributed by atoms with Crippen LogP contribution >= 0.6 is 11.6 Å². The number of aromatic nitrogens is 6. The van der Waals surface area contributed by atoms with Crippen LogP contribution in [0, 0.1) is 12.7 Å². The van der Waals surface area contributed by atoms with Crippen molar-refractivity contribution in [2.75, 3.05) is 10.7 Å². The molecule has 11 heteroatoms. The largest absolute Gasteiger partial charge is 0.358 e. The van der Waals surface area contributed by atoms with E-state index in [0.29, 0.717) is 44.6 Å². The minimum absolute atomic E-state index is 0.278. The number of hydrogen-bond donors (Lipinski definition) is 3. The lowest BCUT2D eigenvalue weighted by atomic mass is 10.2. The molecule has 3 heterocycles. The maximum absolute atomic E-state index is 13.6. The van der Waals surface area contributed by atoms with Crippen LogP contribution in [0.3, 0.4) is 0 Å². The molecule has 0 radical (unpaired) electrons. The van der Waals surface area contributed by atoms with E-state index in [2.05, 4.69) is 30.7 Å². The number of aryl methyl sites for hydroxylation is 1. The van der Waals surface area contributed by atoms with Gasteiger partial charge in [-0.15, -0.1) is 0 Å². The van der Waals surface area contributed by atoms with Crippen molar-refractivity contribution in [1.29, 1.82) is 0 Å². The van der Waals surface area contributed by atoms with E-state index in [1.54, 1.807) is 31.2 Å². The molecule has 33 heavy (non-hydrogen) atoms. The predicted octanol–water partition coefficient (Wildman–Crippen LogP) is 4.21. The zero-order valence-electron chi connectivity index (χ0n) is 17.6. The highest BCUT2D eigenvalue weighted by Crippen LogP contribution is 2.25. The van der Waals surface area contributed by atoms with Crippen molar-refractivity contribution in [3.05, 3.63) is 81.6 Å². The second kappa shape index (κ2) is 8.14. The van der Waals surface area contributed by atoms with Gasteiger partial charge in [0, 0.05) is 0 Å². The molecule has 0 saturated heterocycles. The van der Waals surface area contributed by atoms with Crippen LogP contribution in [0.4, 0.5) is 15.9 Å². The number of halogens is 2. The van der Waals surface area contributed by atoms with Gasteiger partial charge < -0.3 is 10.3 Å². The fourth-order valence-corrected chi connectivity index (χ4v) is 3.87. The van der Waals surface area contributed by atoms with Crippen LogP contribution in [0.5, 0.6) is 0 Å². The van der Waals surface area contributed by atoms with Crippen LogP contribution in [0.1, 0.15) is 24.4 Å². The Bertz CT molecular complexity index is 1560. The normalized spacial score (nSPS) is 12.2. The Kier molecular flexibility index (Phi) is 5.14. The van der Waals surface area contributed by atoms with Gasteiger partial charge in [-0.2, -0.15) is 0 Å². The van der Waals surface area contributed by atoms with Gasteiger partial charge >= 0.3 is 0 Å². The molecule has 0 aliphatic carbocycles. The van der Waals surface area contributed by atoms with Crippen LogP contribution in [0.25, 0.3) is 22.1 Å². The van der Waals surface area contributed by atoms with Gasteiger partial charge in [0.2, 0.25) is 0 Å². The molecular weight excluding hydrogens is 447 g/mol. The Morgan fingerprint density at radius 2 is 2.03 bits per heavy atom. The number of nitrogens with zero attached hydrogens (tertiary/aromatic N) is 5. The highest BCUT2D eigenvalue weighted by molar-refractivity contribution is 6.35. The van der Waals surface area contributed by atoms with Crippen LogP contribution in [-0.4, -0.2) is 29.6 Å². The number of rotatable bonds is 5. The van der Waals surface area contributed by atoms with Crippen molar-refractivity contribution >= 4 is 45.2 Å². The zero-order valence-corrected chi connectivity index (χ0v) is 18.4. The van der Waals surface area contributed by atoms with E-state index in [1.165, 1.54) is 29.5 Å². The van der Waals surface area contributed by atoms with Crippen molar-refractivity contribution < 1.29 is 4.39 Å². The summed E-state index contributed by atoms with van der Waals surface area (Å²) >= 11 is 6.33. The molecule has 0 amide bonds. The van der Waals surface area contributed by atoms with Gasteiger partial charge in [0.15, 0.2) is 17.3 Å². The number of benzene rings is 2. The van der Waals surface area contributed by atoms with Gasteiger partial charge in [-0.3, -0.25) is 10.2 Å². The summed E-state index contributed by atoms with van der Waals surface area (Å²) in [6.45, 7) is 3.59. The molecule has 0 unspecified atom stereocenters. The fourth-order valence-electron chi connectivity index (χ4n) is 3.62. The minimum atomic E-state index is -0.476. The van der Waals surface area contributed by atoms with E-state index in [-0.39, 0.29) is 16.8 Å². The van der Waals surface area contributed by atoms with Crippen LogP contribution < -0.4 is 16.3 Å². The monoisotopic (exact) mass is 464 g/mol. The van der Waals surface area contributed by atoms with Gasteiger partial charge in [-0.05, 0) is 49.7 Å². The summed E-state index contributed by atoms with van der Waals surface area (Å²) in [6, 6.07) is 8.89. The van der Waals surface area contributed by atoms with E-state index >= 15 is 0 Å². The summed E-state index contributed by atoms with van der Waals surface area (Å²) in [5, 5.41) is 3.83. The van der Waals surface area contributed by atoms with Crippen LogP contribution in [-0.2, 0) is 0 Å². The minimum Gasteiger partial charge on any atom is -0.358 e. The summed E-state index contributed by atoms with van der Waals surface area (Å²) in [5.41, 5.74) is 5.47. The molecule has 1 atom stereocenters. The Hall–Kier alpha value is -4.05. The van der Waals surface area contributed by atoms with E-state index in [9.17, 15) is 9.18 Å². The quantitative estimate of drug-likeness (QED) is 0.357. The van der Waals surface area contributed by atoms with E-state index in [1.807, 2.05) is 6.92 Å². The third-order valence-corrected chi connectivity index (χ3v) is 5.57. The second-order valence-electron chi connectivity index (χ2n) is 7.51. The Balaban J connectivity index is 1.65. The van der Waals surface area contributed by atoms with Crippen molar-refractivity contribution in [1.82, 2.24) is 29.6 Å². The van der Waals surface area contributed by atoms with Crippen molar-refractivity contribution in [3.8, 4) is 0 Å². The molecule has 5 rings (SSSR count). The lowest BCUT2D eigenvalue weighted by molar-refractivity contribution is 0.626. The van der Waals surface area contributed by atoms with Gasteiger partial charge in [0.1, 0.15) is 17.7 Å². The zero-order chi connectivity index (χ0) is 23.1. The first-order chi connectivity index (χ1) is 15.9. The van der Waals surface area contributed by atoms with Crippen LogP contribution in [0.15, 0.2) is 53.8 Å². The standard InChI is InChI=1S/C22H18ClFN8O/c1-11-8-13(24)6-7-15(11)31-32-21(30-16-5-3-4-14(23)17(16)22(32)33)12(2)29-20-18-19(26-9-25-18)27-10-28-20/h3-10,12,31H,1-2H3,(H2,25,26,27,28,29)/t12-/m0/s1. The maximum atomic E-state index is 13.6. The van der Waals surface area contributed by atoms with Crippen molar-refractivity contribution in [3.63, 3.8) is 0 Å². The summed E-state index contributed by atoms with van der Waals surface area (Å²) < 4.78 is 14.9. The maximum Gasteiger partial charge on any atom is 0.281 e. The number of imidazole rings is 1. The summed E-state index contributed by atoms with van der Waals surface area (Å²) in [5.74, 6) is 0.521. The average molecular weight is 465 g/mol. The van der Waals surface area contributed by atoms with Gasteiger partial charge in [0.05, 0.1) is 34.0 Å². The molecule has 2 aromatic carbocycles. The van der Waals surface area contributed by atoms with E-state index in [0.717, 1.165) is 0 Å². The molecule has 0 aliphatic rings. The van der Waals surface area contributed by atoms with E-state index < -0.39 is 6.04 Å². The summed E-state index contributed by atoms with van der Waals surface area (Å²) in [6.07, 6.45) is 2.93. The predicted molar refractivity (Wildman–Crippen MR) is 125 cm³/mol. The lowest BCUT2D eigenvalue weighted by Gasteiger charge is -2.21. The highest BCUT2D eigenvalue weighted by atomic mass is 35.5. The van der Waals surface area contributed by atoms with Crippen LogP contribution in [0.2, 0.25) is 5.02 Å². The lowest BCUT2D eigenvalue weighted by Crippen LogP contribution is -2.33. The van der Waals surface area contributed by atoms with Crippen molar-refractivity contribution in [2.24, 2.45) is 0 Å². The number of anilines is 2. The number of fused-ring (bicyclic) bond motifs is 2. The average Bonchev–Trinajstić information content (AvgIpc) is 3.27. The molecule has 3 aromatic heterocycles. The Morgan fingerprint density at radius 3 is 2.85 bits per heavy atom. The molecule has 0 fully saturated rings. The first-order valence-corrected chi connectivity index (χ1v) is 10.4. The molecule has 0 bridgehead atoms. The molecule has 9 nitrogen and oxygen atoms in total. The molecule has 0 spiro atoms. The van der Waals surface area contributed by atoms with Crippen molar-refractivity contribution in [2.45, 2.75) is 19.9 Å². The fraction of sp³-hybridized carbons (Fsp3) is 0.136. The summed E-state index contributed by atoms with van der Waals surface area (Å²) in [4.78, 5) is 33.8. The number of aromatic amines is 1. The molecule has 5 aromatic rings. The first kappa shape index (κ1) is 20.8. The SMILES string of the molecule is Cc1cc(F)ccc1Nn1c([C@H](C)Nc2ncnc3nc[nH]c23)nc2cccc(Cl)c2c1=O. The number of H-pyrrole nitrogens is 1. The smallest absolute Gasteiger partial charge is 0.281 e. The molecule has 0 saturated carbocycles. The molecular formula is C22H18ClFN8O.